The molecule has 10 nitrogen and oxygen atoms in total. The molecule has 0 amide bonds. The van der Waals surface area contributed by atoms with E-state index < -0.39 is 17.7 Å². The maximum Gasteiger partial charge on any atom is 0.438 e. The molecule has 1 aromatic heterocycles. The molecule has 0 radical (unpaired) electrons. The number of rotatable bonds is 2. The summed E-state index contributed by atoms with van der Waals surface area (Å²) in [4.78, 5) is 33.5. The van der Waals surface area contributed by atoms with Crippen LogP contribution in [0, 0.1) is 16.0 Å². The first-order chi connectivity index (χ1) is 10.5. The Kier molecular flexibility index (Phi) is 3.51. The number of nitrogens with zero attached hydrogens (tertiary/aromatic N) is 4. The fourth-order valence-electron chi connectivity index (χ4n) is 3.23. The Balaban J connectivity index is 2.03. The molecule has 5 atom stereocenters. The number of nitro groups is 1. The minimum atomic E-state index is -0.789. The van der Waals surface area contributed by atoms with Gasteiger partial charge in [-0.15, -0.1) is 0 Å². The van der Waals surface area contributed by atoms with E-state index in [1.165, 1.54) is 13.3 Å². The predicted octanol–water partition coefficient (Wildman–Crippen LogP) is -0.00190. The van der Waals surface area contributed by atoms with Crippen LogP contribution in [-0.4, -0.2) is 52.4 Å². The van der Waals surface area contributed by atoms with Crippen LogP contribution in [-0.2, 0) is 4.74 Å². The van der Waals surface area contributed by atoms with Crippen molar-refractivity contribution in [2.24, 2.45) is 15.9 Å². The third kappa shape index (κ3) is 2.30. The van der Waals surface area contributed by atoms with Crippen LogP contribution < -0.4 is 5.76 Å². The van der Waals surface area contributed by atoms with Gasteiger partial charge < -0.3 is 4.74 Å². The molecule has 1 fully saturated rings. The molecule has 1 aliphatic carbocycles. The highest BCUT2D eigenvalue weighted by Gasteiger charge is 2.51. The van der Waals surface area contributed by atoms with Crippen LogP contribution in [0.4, 0.5) is 0 Å². The normalized spacial score (nSPS) is 33.9. The standard InChI is InChI=1S/C12H15N5O5/c1-5-7(17(19)20)3-6-10(14-8(21-2)4-13-6)9(5)11-15-12(18)22-16-11/h4-7,9-10H,3H2,1-2H3,(H,15,16,18). The zero-order valence-corrected chi connectivity index (χ0v) is 12.0. The van der Waals surface area contributed by atoms with Crippen molar-refractivity contribution in [2.45, 2.75) is 37.4 Å². The van der Waals surface area contributed by atoms with E-state index in [2.05, 4.69) is 24.6 Å². The van der Waals surface area contributed by atoms with Gasteiger partial charge in [0.25, 0.3) is 0 Å². The van der Waals surface area contributed by atoms with Crippen molar-refractivity contribution in [3.05, 3.63) is 26.5 Å². The minimum Gasteiger partial charge on any atom is -0.480 e. The lowest BCUT2D eigenvalue weighted by atomic mass is 9.71. The number of ether oxygens (including phenoxy) is 1. The molecular weight excluding hydrogens is 294 g/mol. The first-order valence-corrected chi connectivity index (χ1v) is 6.85. The van der Waals surface area contributed by atoms with Crippen LogP contribution in [0.2, 0.25) is 0 Å². The van der Waals surface area contributed by atoms with Gasteiger partial charge in [0.2, 0.25) is 11.9 Å². The zero-order chi connectivity index (χ0) is 15.9. The summed E-state index contributed by atoms with van der Waals surface area (Å²) in [5.74, 6) is -0.938. The molecule has 10 heteroatoms. The summed E-state index contributed by atoms with van der Waals surface area (Å²) >= 11 is 0. The molecule has 22 heavy (non-hydrogen) atoms. The quantitative estimate of drug-likeness (QED) is 0.603. The number of aromatic nitrogens is 2. The molecule has 0 saturated heterocycles. The fourth-order valence-corrected chi connectivity index (χ4v) is 3.23. The Morgan fingerprint density at radius 2 is 2.32 bits per heavy atom. The molecule has 1 N–H and O–H groups in total. The van der Waals surface area contributed by atoms with Gasteiger partial charge in [0, 0.05) is 17.3 Å². The van der Waals surface area contributed by atoms with Crippen LogP contribution in [0.5, 0.6) is 0 Å². The molecule has 1 saturated carbocycles. The topological polar surface area (TPSA) is 136 Å². The van der Waals surface area contributed by atoms with Crippen LogP contribution in [0.25, 0.3) is 0 Å². The van der Waals surface area contributed by atoms with Gasteiger partial charge in [-0.1, -0.05) is 12.1 Å². The van der Waals surface area contributed by atoms with Crippen molar-refractivity contribution in [2.75, 3.05) is 7.11 Å². The van der Waals surface area contributed by atoms with E-state index in [9.17, 15) is 14.9 Å². The zero-order valence-electron chi connectivity index (χ0n) is 12.0. The van der Waals surface area contributed by atoms with Crippen molar-refractivity contribution < 1.29 is 14.2 Å². The number of fused-ring (bicyclic) bond motifs is 1. The molecule has 2 heterocycles. The summed E-state index contributed by atoms with van der Waals surface area (Å²) in [6.45, 7) is 1.75. The van der Waals surface area contributed by atoms with E-state index in [1.54, 1.807) is 6.92 Å². The summed E-state index contributed by atoms with van der Waals surface area (Å²) in [6, 6.07) is -1.52. The average Bonchev–Trinajstić information content (AvgIpc) is 2.91. The van der Waals surface area contributed by atoms with Gasteiger partial charge in [0.1, 0.15) is 0 Å². The molecular formula is C12H15N5O5. The van der Waals surface area contributed by atoms with Gasteiger partial charge in [-0.2, -0.15) is 0 Å². The molecule has 1 aliphatic heterocycles. The predicted molar refractivity (Wildman–Crippen MR) is 74.9 cm³/mol. The Hall–Kier alpha value is -2.52. The van der Waals surface area contributed by atoms with E-state index in [0.717, 1.165) is 0 Å². The summed E-state index contributed by atoms with van der Waals surface area (Å²) in [5, 5.41) is 15.0. The first-order valence-electron chi connectivity index (χ1n) is 6.85. The Bertz CT molecular complexity index is 692. The van der Waals surface area contributed by atoms with Crippen LogP contribution >= 0.6 is 0 Å². The highest BCUT2D eigenvalue weighted by atomic mass is 16.6. The number of aromatic amines is 1. The van der Waals surface area contributed by atoms with E-state index >= 15 is 0 Å². The highest BCUT2D eigenvalue weighted by molar-refractivity contribution is 6.26. The fraction of sp³-hybridized carbons (Fsp3) is 0.667. The lowest BCUT2D eigenvalue weighted by molar-refractivity contribution is -0.536. The van der Waals surface area contributed by atoms with Crippen molar-refractivity contribution in [3.8, 4) is 0 Å². The third-order valence-electron chi connectivity index (χ3n) is 4.32. The van der Waals surface area contributed by atoms with Gasteiger partial charge in [-0.3, -0.25) is 24.6 Å². The molecule has 0 bridgehead atoms. The molecule has 5 unspecified atom stereocenters. The maximum absolute atomic E-state index is 11.3. The first kappa shape index (κ1) is 14.4. The average molecular weight is 309 g/mol. The van der Waals surface area contributed by atoms with Crippen molar-refractivity contribution in [1.29, 1.82) is 0 Å². The van der Waals surface area contributed by atoms with Gasteiger partial charge in [0.05, 0.1) is 31.3 Å². The molecule has 0 aromatic carbocycles. The van der Waals surface area contributed by atoms with E-state index in [4.69, 9.17) is 4.74 Å². The number of hydrogen-bond acceptors (Lipinski definition) is 8. The summed E-state index contributed by atoms with van der Waals surface area (Å²) in [5.41, 5.74) is 0. The molecule has 1 aromatic rings. The van der Waals surface area contributed by atoms with Gasteiger partial charge in [-0.25, -0.2) is 9.79 Å². The third-order valence-corrected chi connectivity index (χ3v) is 4.32. The van der Waals surface area contributed by atoms with Gasteiger partial charge in [0.15, 0.2) is 5.82 Å². The van der Waals surface area contributed by atoms with Crippen molar-refractivity contribution in [3.63, 3.8) is 0 Å². The number of hydrogen-bond donors (Lipinski definition) is 1. The van der Waals surface area contributed by atoms with E-state index in [0.29, 0.717) is 5.90 Å². The van der Waals surface area contributed by atoms with Crippen LogP contribution in [0.1, 0.15) is 25.1 Å². The summed E-state index contributed by atoms with van der Waals surface area (Å²) < 4.78 is 9.64. The largest absolute Gasteiger partial charge is 0.480 e. The summed E-state index contributed by atoms with van der Waals surface area (Å²) in [7, 11) is 1.48. The van der Waals surface area contributed by atoms with E-state index in [1.807, 2.05) is 0 Å². The minimum absolute atomic E-state index is 0.260. The molecule has 3 rings (SSSR count). The second kappa shape index (κ2) is 5.35. The monoisotopic (exact) mass is 309 g/mol. The number of methoxy groups -OCH3 is 1. The SMILES string of the molecule is COC1=NC2C(CC([N+](=O)[O-])C(C)C2c2noc(=O)[nH]2)N=C1. The number of H-pyrrole nitrogens is 1. The Morgan fingerprint density at radius 3 is 2.91 bits per heavy atom. The van der Waals surface area contributed by atoms with Crippen LogP contribution in [0.15, 0.2) is 19.3 Å². The van der Waals surface area contributed by atoms with Crippen molar-refractivity contribution in [1.82, 2.24) is 10.1 Å². The molecule has 0 spiro atoms. The number of nitrogens with one attached hydrogen (secondary N) is 1. The molecule has 2 aliphatic rings. The smallest absolute Gasteiger partial charge is 0.438 e. The van der Waals surface area contributed by atoms with Gasteiger partial charge in [-0.05, 0) is 0 Å². The summed E-state index contributed by atoms with van der Waals surface area (Å²) in [6.07, 6.45) is 1.76. The second-order valence-corrected chi connectivity index (χ2v) is 5.46. The lowest BCUT2D eigenvalue weighted by Crippen LogP contribution is -2.50. The van der Waals surface area contributed by atoms with Crippen LogP contribution in [0.3, 0.4) is 0 Å². The van der Waals surface area contributed by atoms with E-state index in [-0.39, 0.29) is 35.2 Å². The van der Waals surface area contributed by atoms with Gasteiger partial charge >= 0.3 is 5.76 Å². The van der Waals surface area contributed by atoms with Crippen molar-refractivity contribution >= 4 is 12.1 Å². The lowest BCUT2D eigenvalue weighted by Gasteiger charge is -2.39. The maximum atomic E-state index is 11.3. The number of aliphatic imine (C=N–C) groups is 2. The highest BCUT2D eigenvalue weighted by Crippen LogP contribution is 2.41. The molecule has 118 valence electrons. The Morgan fingerprint density at radius 1 is 1.55 bits per heavy atom. The second-order valence-electron chi connectivity index (χ2n) is 5.46. The Labute approximate surface area is 124 Å².